The summed E-state index contributed by atoms with van der Waals surface area (Å²) < 4.78 is 5.44. The number of halogens is 3. The van der Waals surface area contributed by atoms with Crippen molar-refractivity contribution in [3.05, 3.63) is 92.4 Å². The van der Waals surface area contributed by atoms with Crippen molar-refractivity contribution in [3.63, 3.8) is 0 Å². The van der Waals surface area contributed by atoms with Crippen LogP contribution in [-0.4, -0.2) is 12.2 Å². The van der Waals surface area contributed by atoms with E-state index in [-0.39, 0.29) is 0 Å². The summed E-state index contributed by atoms with van der Waals surface area (Å²) in [6, 6.07) is 17.2. The molecule has 0 atom stereocenters. The van der Waals surface area contributed by atoms with Crippen molar-refractivity contribution in [1.82, 2.24) is 0 Å². The Kier molecular flexibility index (Phi) is 6.17. The molecule has 3 nitrogen and oxygen atoms in total. The molecule has 3 rings (SSSR count). The predicted octanol–water partition coefficient (Wildman–Crippen LogP) is 6.93. The minimum Gasteiger partial charge on any atom is -0.423 e. The first-order valence-corrected chi connectivity index (χ1v) is 9.13. The molecule has 0 saturated heterocycles. The lowest BCUT2D eigenvalue weighted by Crippen LogP contribution is -2.08. The average Bonchev–Trinajstić information content (AvgIpc) is 2.60. The van der Waals surface area contributed by atoms with Gasteiger partial charge in [-0.05, 0) is 61.0 Å². The largest absolute Gasteiger partial charge is 0.423 e. The number of ether oxygens (including phenoxy) is 1. The molecule has 6 heteroatoms. The number of carbonyl (C=O) groups excluding carboxylic acids is 1. The lowest BCUT2D eigenvalue weighted by atomic mass is 10.1. The van der Waals surface area contributed by atoms with Gasteiger partial charge in [-0.15, -0.1) is 0 Å². The maximum absolute atomic E-state index is 12.3. The summed E-state index contributed by atoms with van der Waals surface area (Å²) in [5.74, 6) is -0.123. The predicted molar refractivity (Wildman–Crippen MR) is 111 cm³/mol. The van der Waals surface area contributed by atoms with Crippen LogP contribution in [0.15, 0.2) is 65.7 Å². The first kappa shape index (κ1) is 19.4. The normalized spacial score (nSPS) is 11.0. The van der Waals surface area contributed by atoms with E-state index in [9.17, 15) is 4.79 Å². The van der Waals surface area contributed by atoms with E-state index in [1.807, 2.05) is 13.0 Å². The topological polar surface area (TPSA) is 38.7 Å². The molecule has 0 amide bonds. The maximum Gasteiger partial charge on any atom is 0.343 e. The van der Waals surface area contributed by atoms with Crippen molar-refractivity contribution in [2.24, 2.45) is 4.99 Å². The number of benzene rings is 3. The number of hydrogen-bond donors (Lipinski definition) is 0. The molecule has 0 saturated carbocycles. The second-order valence-electron chi connectivity index (χ2n) is 5.83. The molecule has 0 N–H and O–H groups in total. The molecule has 0 unspecified atom stereocenters. The van der Waals surface area contributed by atoms with Gasteiger partial charge in [-0.25, -0.2) is 4.79 Å². The molecule has 3 aromatic carbocycles. The lowest BCUT2D eigenvalue weighted by Gasteiger charge is -2.07. The Morgan fingerprint density at radius 2 is 1.78 bits per heavy atom. The summed E-state index contributed by atoms with van der Waals surface area (Å²) in [5.41, 5.74) is 2.68. The van der Waals surface area contributed by atoms with Gasteiger partial charge >= 0.3 is 5.97 Å². The first-order valence-electron chi connectivity index (χ1n) is 7.99. The molecular formula is C21H14Cl3NO2. The molecule has 0 fully saturated rings. The number of hydrogen-bond acceptors (Lipinski definition) is 3. The fourth-order valence-corrected chi connectivity index (χ4v) is 3.08. The Hall–Kier alpha value is -2.33. The van der Waals surface area contributed by atoms with Gasteiger partial charge in [-0.1, -0.05) is 52.5 Å². The number of esters is 1. The van der Waals surface area contributed by atoms with E-state index < -0.39 is 5.97 Å². The molecule has 136 valence electrons. The highest BCUT2D eigenvalue weighted by molar-refractivity contribution is 6.36. The quantitative estimate of drug-likeness (QED) is 0.262. The van der Waals surface area contributed by atoms with Gasteiger partial charge in [0, 0.05) is 16.3 Å². The summed E-state index contributed by atoms with van der Waals surface area (Å²) in [7, 11) is 0. The van der Waals surface area contributed by atoms with E-state index in [1.54, 1.807) is 60.8 Å². The van der Waals surface area contributed by atoms with E-state index >= 15 is 0 Å². The second kappa shape index (κ2) is 8.57. The van der Waals surface area contributed by atoms with Crippen molar-refractivity contribution in [3.8, 4) is 5.75 Å². The smallest absolute Gasteiger partial charge is 0.343 e. The van der Waals surface area contributed by atoms with Crippen LogP contribution in [0.5, 0.6) is 5.75 Å². The minimum absolute atomic E-state index is 0.331. The Labute approximate surface area is 172 Å². The SMILES string of the molecule is Cc1cccc(C(=O)Oc2cc(Cl)cc(C=Nc3ccc(Cl)cc3Cl)c2)c1. The van der Waals surface area contributed by atoms with E-state index in [0.717, 1.165) is 5.56 Å². The number of rotatable bonds is 4. The van der Waals surface area contributed by atoms with Crippen LogP contribution in [0.4, 0.5) is 5.69 Å². The molecule has 0 radical (unpaired) electrons. The van der Waals surface area contributed by atoms with Crippen LogP contribution in [0, 0.1) is 6.92 Å². The zero-order valence-electron chi connectivity index (χ0n) is 14.2. The Morgan fingerprint density at radius 3 is 2.52 bits per heavy atom. The van der Waals surface area contributed by atoms with Crippen molar-refractivity contribution in [2.45, 2.75) is 6.92 Å². The molecule has 0 aliphatic carbocycles. The third-order valence-electron chi connectivity index (χ3n) is 3.62. The summed E-state index contributed by atoms with van der Waals surface area (Å²) >= 11 is 18.1. The third kappa shape index (κ3) is 5.33. The number of carbonyl (C=O) groups is 1. The fourth-order valence-electron chi connectivity index (χ4n) is 2.39. The van der Waals surface area contributed by atoms with Gasteiger partial charge in [0.1, 0.15) is 5.75 Å². The van der Waals surface area contributed by atoms with E-state index in [2.05, 4.69) is 4.99 Å². The summed E-state index contributed by atoms with van der Waals surface area (Å²) in [5, 5.41) is 1.40. The Morgan fingerprint density at radius 1 is 0.963 bits per heavy atom. The van der Waals surface area contributed by atoms with Crippen LogP contribution < -0.4 is 4.74 Å². The second-order valence-corrected chi connectivity index (χ2v) is 7.11. The molecule has 0 aliphatic rings. The van der Waals surface area contributed by atoms with Gasteiger partial charge in [-0.2, -0.15) is 0 Å². The summed E-state index contributed by atoms with van der Waals surface area (Å²) in [6.07, 6.45) is 1.59. The molecule has 0 heterocycles. The molecule has 0 bridgehead atoms. The maximum atomic E-state index is 12.3. The standard InChI is InChI=1S/C21H14Cl3NO2/c1-13-3-2-4-15(7-13)21(26)27-18-9-14(8-17(23)10-18)12-25-20-6-5-16(22)11-19(20)24/h2-12H,1H3. The van der Waals surface area contributed by atoms with Gasteiger partial charge in [0.25, 0.3) is 0 Å². The van der Waals surface area contributed by atoms with E-state index in [1.165, 1.54) is 0 Å². The van der Waals surface area contributed by atoms with E-state index in [4.69, 9.17) is 39.5 Å². The summed E-state index contributed by atoms with van der Waals surface area (Å²) in [4.78, 5) is 16.6. The fraction of sp³-hybridized carbons (Fsp3) is 0.0476. The van der Waals surface area contributed by atoms with Crippen molar-refractivity contribution in [2.75, 3.05) is 0 Å². The van der Waals surface area contributed by atoms with Crippen LogP contribution in [0.25, 0.3) is 0 Å². The van der Waals surface area contributed by atoms with Crippen LogP contribution in [0.1, 0.15) is 21.5 Å². The molecule has 0 spiro atoms. The third-order valence-corrected chi connectivity index (χ3v) is 4.38. The Bertz CT molecular complexity index is 1030. The van der Waals surface area contributed by atoms with Gasteiger partial charge in [0.05, 0.1) is 16.3 Å². The van der Waals surface area contributed by atoms with Crippen LogP contribution in [0.2, 0.25) is 15.1 Å². The van der Waals surface area contributed by atoms with Crippen LogP contribution in [0.3, 0.4) is 0 Å². The number of nitrogens with zero attached hydrogens (tertiary/aromatic N) is 1. The highest BCUT2D eigenvalue weighted by Gasteiger charge is 2.10. The highest BCUT2D eigenvalue weighted by atomic mass is 35.5. The molecule has 0 aromatic heterocycles. The lowest BCUT2D eigenvalue weighted by molar-refractivity contribution is 0.0734. The van der Waals surface area contributed by atoms with Gasteiger partial charge in [0.15, 0.2) is 0 Å². The minimum atomic E-state index is -0.454. The zero-order valence-corrected chi connectivity index (χ0v) is 16.5. The molecule has 0 aliphatic heterocycles. The van der Waals surface area contributed by atoms with Gasteiger partial charge in [-0.3, -0.25) is 4.99 Å². The van der Waals surface area contributed by atoms with Gasteiger partial charge < -0.3 is 4.74 Å². The number of aliphatic imine (C=N–C) groups is 1. The number of aryl methyl sites for hydroxylation is 1. The van der Waals surface area contributed by atoms with E-state index in [0.29, 0.717) is 37.6 Å². The van der Waals surface area contributed by atoms with Gasteiger partial charge in [0.2, 0.25) is 0 Å². The molecule has 27 heavy (non-hydrogen) atoms. The van der Waals surface area contributed by atoms with Crippen molar-refractivity contribution >= 4 is 52.7 Å². The van der Waals surface area contributed by atoms with Crippen LogP contribution in [-0.2, 0) is 0 Å². The monoisotopic (exact) mass is 417 g/mol. The molecular weight excluding hydrogens is 405 g/mol. The highest BCUT2D eigenvalue weighted by Crippen LogP contribution is 2.28. The molecule has 3 aromatic rings. The van der Waals surface area contributed by atoms with Crippen LogP contribution >= 0.6 is 34.8 Å². The van der Waals surface area contributed by atoms with Crippen molar-refractivity contribution < 1.29 is 9.53 Å². The Balaban J connectivity index is 1.81. The average molecular weight is 419 g/mol. The van der Waals surface area contributed by atoms with Crippen molar-refractivity contribution in [1.29, 1.82) is 0 Å². The first-order chi connectivity index (χ1) is 12.9. The zero-order chi connectivity index (χ0) is 19.4. The summed E-state index contributed by atoms with van der Waals surface area (Å²) in [6.45, 7) is 1.91.